The summed E-state index contributed by atoms with van der Waals surface area (Å²) >= 11 is 1.71. The smallest absolute Gasteiger partial charge is 0.148 e. The van der Waals surface area contributed by atoms with Gasteiger partial charge in [-0.05, 0) is 19.1 Å². The summed E-state index contributed by atoms with van der Waals surface area (Å²) in [7, 11) is 0. The molecule has 0 N–H and O–H groups in total. The fourth-order valence-electron chi connectivity index (χ4n) is 1.15. The summed E-state index contributed by atoms with van der Waals surface area (Å²) in [5, 5.41) is 0. The highest BCUT2D eigenvalue weighted by atomic mass is 32.2. The third kappa shape index (κ3) is 2.46. The first-order valence-corrected chi connectivity index (χ1v) is 5.15. The van der Waals surface area contributed by atoms with Crippen molar-refractivity contribution in [2.75, 3.05) is 13.4 Å². The van der Waals surface area contributed by atoms with Crippen LogP contribution in [0.3, 0.4) is 0 Å². The van der Waals surface area contributed by atoms with E-state index in [0.717, 1.165) is 0 Å². The van der Waals surface area contributed by atoms with Crippen molar-refractivity contribution >= 4 is 11.8 Å². The molecule has 0 spiro atoms. The maximum atomic E-state index is 5.33. The first kappa shape index (κ1) is 9.06. The van der Waals surface area contributed by atoms with E-state index in [1.807, 2.05) is 0 Å². The molecule has 0 aromatic heterocycles. The van der Waals surface area contributed by atoms with Gasteiger partial charge in [0.2, 0.25) is 0 Å². The number of ether oxygens (including phenoxy) is 2. The van der Waals surface area contributed by atoms with E-state index in [-0.39, 0.29) is 5.44 Å². The molecule has 0 saturated carbocycles. The highest BCUT2D eigenvalue weighted by Crippen LogP contribution is 2.26. The van der Waals surface area contributed by atoms with Gasteiger partial charge in [0.1, 0.15) is 12.2 Å². The minimum Gasteiger partial charge on any atom is -0.352 e. The minimum absolute atomic E-state index is 0.169. The van der Waals surface area contributed by atoms with Crippen LogP contribution in [0.2, 0.25) is 0 Å². The fraction of sp³-hybridized carbons (Fsp3) is 0.400. The van der Waals surface area contributed by atoms with Crippen LogP contribution in [0.1, 0.15) is 5.56 Å². The van der Waals surface area contributed by atoms with E-state index in [2.05, 4.69) is 31.2 Å². The summed E-state index contributed by atoms with van der Waals surface area (Å²) in [4.78, 5) is 1.24. The molecule has 1 saturated heterocycles. The van der Waals surface area contributed by atoms with Crippen molar-refractivity contribution in [1.82, 2.24) is 0 Å². The summed E-state index contributed by atoms with van der Waals surface area (Å²) < 4.78 is 10.4. The van der Waals surface area contributed by atoms with Crippen LogP contribution in [0.5, 0.6) is 0 Å². The van der Waals surface area contributed by atoms with E-state index in [1.165, 1.54) is 10.5 Å². The number of hydrogen-bond acceptors (Lipinski definition) is 3. The molecule has 2 rings (SSSR count). The summed E-state index contributed by atoms with van der Waals surface area (Å²) in [6.45, 7) is 3.21. The molecule has 2 nitrogen and oxygen atoms in total. The van der Waals surface area contributed by atoms with Crippen molar-refractivity contribution < 1.29 is 9.47 Å². The number of hydrogen-bond donors (Lipinski definition) is 0. The molecule has 1 heterocycles. The Morgan fingerprint density at radius 3 is 2.69 bits per heavy atom. The lowest BCUT2D eigenvalue weighted by Crippen LogP contribution is -2.02. The van der Waals surface area contributed by atoms with Crippen LogP contribution in [0.4, 0.5) is 0 Å². The second-order valence-corrected chi connectivity index (χ2v) is 4.25. The Labute approximate surface area is 82.2 Å². The Morgan fingerprint density at radius 2 is 2.08 bits per heavy atom. The van der Waals surface area contributed by atoms with Crippen molar-refractivity contribution in [3.8, 4) is 0 Å². The molecule has 1 atom stereocenters. The Balaban J connectivity index is 1.97. The molecule has 0 aliphatic carbocycles. The van der Waals surface area contributed by atoms with Crippen molar-refractivity contribution in [2.45, 2.75) is 17.3 Å². The molecular weight excluding hydrogens is 184 g/mol. The highest BCUT2D eigenvalue weighted by molar-refractivity contribution is 7.99. The van der Waals surface area contributed by atoms with E-state index < -0.39 is 0 Å². The fourth-order valence-corrected chi connectivity index (χ4v) is 2.04. The summed E-state index contributed by atoms with van der Waals surface area (Å²) in [5.74, 6) is 0. The average molecular weight is 196 g/mol. The van der Waals surface area contributed by atoms with Crippen LogP contribution in [-0.4, -0.2) is 18.8 Å². The van der Waals surface area contributed by atoms with E-state index >= 15 is 0 Å². The van der Waals surface area contributed by atoms with E-state index in [0.29, 0.717) is 13.4 Å². The molecule has 3 heteroatoms. The third-order valence-corrected chi connectivity index (χ3v) is 2.96. The van der Waals surface area contributed by atoms with Crippen molar-refractivity contribution in [2.24, 2.45) is 0 Å². The molecular formula is C10H12O2S. The van der Waals surface area contributed by atoms with Gasteiger partial charge in [-0.2, -0.15) is 0 Å². The van der Waals surface area contributed by atoms with Gasteiger partial charge in [-0.15, -0.1) is 0 Å². The Morgan fingerprint density at radius 1 is 1.31 bits per heavy atom. The van der Waals surface area contributed by atoms with E-state index in [4.69, 9.17) is 9.47 Å². The maximum Gasteiger partial charge on any atom is 0.148 e. The van der Waals surface area contributed by atoms with Gasteiger partial charge < -0.3 is 9.47 Å². The second-order valence-electron chi connectivity index (χ2n) is 3.02. The topological polar surface area (TPSA) is 18.5 Å². The molecule has 0 amide bonds. The molecule has 0 radical (unpaired) electrons. The zero-order valence-corrected chi connectivity index (χ0v) is 8.34. The molecule has 70 valence electrons. The third-order valence-electron chi connectivity index (χ3n) is 1.88. The molecule has 0 bridgehead atoms. The lowest BCUT2D eigenvalue weighted by Gasteiger charge is -2.06. The minimum atomic E-state index is 0.169. The predicted molar refractivity (Wildman–Crippen MR) is 52.7 cm³/mol. The molecule has 1 aromatic carbocycles. The van der Waals surface area contributed by atoms with Crippen LogP contribution < -0.4 is 0 Å². The molecule has 1 aromatic rings. The molecule has 1 fully saturated rings. The van der Waals surface area contributed by atoms with Gasteiger partial charge in [-0.1, -0.05) is 29.5 Å². The highest BCUT2D eigenvalue weighted by Gasteiger charge is 2.16. The number of rotatable bonds is 2. The zero-order chi connectivity index (χ0) is 9.10. The van der Waals surface area contributed by atoms with Crippen molar-refractivity contribution in [3.63, 3.8) is 0 Å². The normalized spacial score (nSPS) is 22.1. The SMILES string of the molecule is Cc1ccc(SC2COCO2)cc1. The standard InChI is InChI=1S/C10H12O2S/c1-8-2-4-9(5-3-8)13-10-6-11-7-12-10/h2-5,10H,6-7H2,1H3. The summed E-state index contributed by atoms with van der Waals surface area (Å²) in [6.07, 6.45) is 0. The molecule has 13 heavy (non-hydrogen) atoms. The van der Waals surface area contributed by atoms with E-state index in [9.17, 15) is 0 Å². The summed E-state index contributed by atoms with van der Waals surface area (Å²) in [5.41, 5.74) is 1.45. The first-order valence-electron chi connectivity index (χ1n) is 4.27. The Hall–Kier alpha value is -0.510. The second kappa shape index (κ2) is 4.13. The zero-order valence-electron chi connectivity index (χ0n) is 7.53. The van der Waals surface area contributed by atoms with Crippen LogP contribution in [0.25, 0.3) is 0 Å². The van der Waals surface area contributed by atoms with Gasteiger partial charge in [0.15, 0.2) is 0 Å². The number of thioether (sulfide) groups is 1. The van der Waals surface area contributed by atoms with Crippen molar-refractivity contribution in [3.05, 3.63) is 29.8 Å². The summed E-state index contributed by atoms with van der Waals surface area (Å²) in [6, 6.07) is 8.44. The van der Waals surface area contributed by atoms with Crippen LogP contribution in [0.15, 0.2) is 29.2 Å². The lowest BCUT2D eigenvalue weighted by molar-refractivity contribution is 0.0641. The maximum absolute atomic E-state index is 5.33. The van der Waals surface area contributed by atoms with Gasteiger partial charge in [-0.3, -0.25) is 0 Å². The van der Waals surface area contributed by atoms with Gasteiger partial charge >= 0.3 is 0 Å². The van der Waals surface area contributed by atoms with Crippen LogP contribution in [-0.2, 0) is 9.47 Å². The largest absolute Gasteiger partial charge is 0.352 e. The molecule has 1 unspecified atom stereocenters. The monoisotopic (exact) mass is 196 g/mol. The van der Waals surface area contributed by atoms with Gasteiger partial charge in [0.25, 0.3) is 0 Å². The predicted octanol–water partition coefficient (Wildman–Crippen LogP) is 2.42. The lowest BCUT2D eigenvalue weighted by atomic mass is 10.2. The number of aryl methyl sites for hydroxylation is 1. The van der Waals surface area contributed by atoms with Crippen LogP contribution >= 0.6 is 11.8 Å². The van der Waals surface area contributed by atoms with Gasteiger partial charge in [-0.25, -0.2) is 0 Å². The Kier molecular flexibility index (Phi) is 2.88. The average Bonchev–Trinajstić information content (AvgIpc) is 2.62. The van der Waals surface area contributed by atoms with E-state index in [1.54, 1.807) is 11.8 Å². The Bertz CT molecular complexity index is 265. The molecule has 1 aliphatic rings. The van der Waals surface area contributed by atoms with Crippen molar-refractivity contribution in [1.29, 1.82) is 0 Å². The van der Waals surface area contributed by atoms with Gasteiger partial charge in [0, 0.05) is 4.90 Å². The molecule has 1 aliphatic heterocycles. The van der Waals surface area contributed by atoms with Gasteiger partial charge in [0.05, 0.1) is 6.61 Å². The number of benzene rings is 1. The van der Waals surface area contributed by atoms with Crippen LogP contribution in [0, 0.1) is 6.92 Å². The quantitative estimate of drug-likeness (QED) is 0.723. The first-order chi connectivity index (χ1) is 6.34.